The minimum atomic E-state index is -0.0597. The van der Waals surface area contributed by atoms with E-state index in [1.807, 2.05) is 42.5 Å². The minimum Gasteiger partial charge on any atom is -0.493 e. The quantitative estimate of drug-likeness (QED) is 0.476. The van der Waals surface area contributed by atoms with Gasteiger partial charge in [-0.2, -0.15) is 0 Å². The molecule has 0 aliphatic carbocycles. The van der Waals surface area contributed by atoms with E-state index in [2.05, 4.69) is 0 Å². The Morgan fingerprint density at radius 1 is 0.846 bits per heavy atom. The lowest BCUT2D eigenvalue weighted by molar-refractivity contribution is 0.104. The molecule has 0 radical (unpaired) electrons. The molecule has 3 aromatic rings. The lowest BCUT2D eigenvalue weighted by Crippen LogP contribution is -1.97. The Kier molecular flexibility index (Phi) is 5.23. The number of ether oxygens (including phenoxy) is 3. The summed E-state index contributed by atoms with van der Waals surface area (Å²) >= 11 is 0. The van der Waals surface area contributed by atoms with Crippen LogP contribution in [0.15, 0.2) is 60.7 Å². The van der Waals surface area contributed by atoms with Gasteiger partial charge in [-0.3, -0.25) is 4.79 Å². The molecule has 0 amide bonds. The third-order valence-electron chi connectivity index (χ3n) is 4.17. The molecule has 3 rings (SSSR count). The smallest absolute Gasteiger partial charge is 0.203 e. The van der Waals surface area contributed by atoms with Crippen molar-refractivity contribution in [3.05, 3.63) is 71.8 Å². The van der Waals surface area contributed by atoms with E-state index in [1.54, 1.807) is 45.6 Å². The first kappa shape index (κ1) is 17.5. The molecule has 3 aromatic carbocycles. The van der Waals surface area contributed by atoms with Crippen molar-refractivity contribution in [1.29, 1.82) is 0 Å². The molecular weight excluding hydrogens is 328 g/mol. The van der Waals surface area contributed by atoms with Crippen molar-refractivity contribution in [2.75, 3.05) is 21.3 Å². The average Bonchev–Trinajstić information content (AvgIpc) is 2.70. The van der Waals surface area contributed by atoms with Crippen LogP contribution in [0.5, 0.6) is 17.2 Å². The molecule has 132 valence electrons. The molecule has 26 heavy (non-hydrogen) atoms. The molecule has 0 aliphatic rings. The molecule has 0 unspecified atom stereocenters. The fourth-order valence-corrected chi connectivity index (χ4v) is 2.90. The second-order valence-corrected chi connectivity index (χ2v) is 5.68. The number of hydrogen-bond donors (Lipinski definition) is 0. The van der Waals surface area contributed by atoms with Crippen LogP contribution in [0.4, 0.5) is 0 Å². The van der Waals surface area contributed by atoms with Crippen molar-refractivity contribution in [3.8, 4) is 17.2 Å². The van der Waals surface area contributed by atoms with Gasteiger partial charge in [-0.15, -0.1) is 0 Å². The van der Waals surface area contributed by atoms with Crippen LogP contribution < -0.4 is 14.2 Å². The highest BCUT2D eigenvalue weighted by Crippen LogP contribution is 2.38. The molecule has 0 saturated heterocycles. The van der Waals surface area contributed by atoms with Crippen LogP contribution in [0.2, 0.25) is 0 Å². The van der Waals surface area contributed by atoms with Gasteiger partial charge in [0.2, 0.25) is 5.75 Å². The summed E-state index contributed by atoms with van der Waals surface area (Å²) in [5, 5.41) is 1.98. The number of rotatable bonds is 6. The summed E-state index contributed by atoms with van der Waals surface area (Å²) in [5.41, 5.74) is 1.46. The van der Waals surface area contributed by atoms with Gasteiger partial charge >= 0.3 is 0 Å². The van der Waals surface area contributed by atoms with Crippen LogP contribution in [-0.2, 0) is 0 Å². The topological polar surface area (TPSA) is 44.8 Å². The Hall–Kier alpha value is -3.27. The Balaban J connectivity index is 1.95. The maximum Gasteiger partial charge on any atom is 0.203 e. The number of ketones is 1. The second kappa shape index (κ2) is 7.74. The average molecular weight is 348 g/mol. The normalized spacial score (nSPS) is 10.9. The SMILES string of the molecule is COc1cc(/C=C\C(=O)c2cccc3ccccc23)cc(OC)c1OC. The Morgan fingerprint density at radius 3 is 2.15 bits per heavy atom. The molecule has 0 fully saturated rings. The summed E-state index contributed by atoms with van der Waals surface area (Å²) in [6, 6.07) is 17.2. The maximum atomic E-state index is 12.7. The van der Waals surface area contributed by atoms with Gasteiger partial charge in [-0.1, -0.05) is 48.5 Å². The van der Waals surface area contributed by atoms with Crippen LogP contribution in [0, 0.1) is 0 Å². The molecule has 0 N–H and O–H groups in total. The van der Waals surface area contributed by atoms with Gasteiger partial charge in [0.15, 0.2) is 17.3 Å². The molecule has 0 saturated carbocycles. The second-order valence-electron chi connectivity index (χ2n) is 5.68. The molecule has 4 heteroatoms. The third kappa shape index (κ3) is 3.40. The van der Waals surface area contributed by atoms with Crippen LogP contribution in [0.3, 0.4) is 0 Å². The fourth-order valence-electron chi connectivity index (χ4n) is 2.90. The van der Waals surface area contributed by atoms with E-state index in [0.29, 0.717) is 22.8 Å². The first-order valence-corrected chi connectivity index (χ1v) is 8.18. The fraction of sp³-hybridized carbons (Fsp3) is 0.136. The largest absolute Gasteiger partial charge is 0.493 e. The predicted octanol–water partition coefficient (Wildman–Crippen LogP) is 4.76. The molecule has 0 atom stereocenters. The van der Waals surface area contributed by atoms with E-state index in [9.17, 15) is 4.79 Å². The van der Waals surface area contributed by atoms with E-state index < -0.39 is 0 Å². The summed E-state index contributed by atoms with van der Waals surface area (Å²) in [4.78, 5) is 12.7. The zero-order chi connectivity index (χ0) is 18.5. The summed E-state index contributed by atoms with van der Waals surface area (Å²) < 4.78 is 16.0. The summed E-state index contributed by atoms with van der Waals surface area (Å²) in [7, 11) is 4.68. The van der Waals surface area contributed by atoms with Gasteiger partial charge in [0.1, 0.15) is 0 Å². The maximum absolute atomic E-state index is 12.7. The summed E-state index contributed by atoms with van der Waals surface area (Å²) in [6.07, 6.45) is 3.30. The first-order chi connectivity index (χ1) is 12.7. The van der Waals surface area contributed by atoms with Crippen molar-refractivity contribution in [1.82, 2.24) is 0 Å². The van der Waals surface area contributed by atoms with Crippen molar-refractivity contribution < 1.29 is 19.0 Å². The number of carbonyl (C=O) groups excluding carboxylic acids is 1. The number of benzene rings is 3. The van der Waals surface area contributed by atoms with Gasteiger partial charge in [0, 0.05) is 5.56 Å². The first-order valence-electron chi connectivity index (χ1n) is 8.18. The van der Waals surface area contributed by atoms with Gasteiger partial charge in [0.05, 0.1) is 21.3 Å². The van der Waals surface area contributed by atoms with Crippen LogP contribution in [0.1, 0.15) is 15.9 Å². The van der Waals surface area contributed by atoms with Crippen molar-refractivity contribution >= 4 is 22.6 Å². The van der Waals surface area contributed by atoms with E-state index in [0.717, 1.165) is 16.3 Å². The molecule has 0 aromatic heterocycles. The lowest BCUT2D eigenvalue weighted by Gasteiger charge is -2.12. The van der Waals surface area contributed by atoms with Gasteiger partial charge in [-0.05, 0) is 34.5 Å². The summed E-state index contributed by atoms with van der Waals surface area (Å²) in [6.45, 7) is 0. The molecular formula is C22H20O4. The highest BCUT2D eigenvalue weighted by atomic mass is 16.5. The van der Waals surface area contributed by atoms with Crippen LogP contribution >= 0.6 is 0 Å². The van der Waals surface area contributed by atoms with Crippen molar-refractivity contribution in [2.24, 2.45) is 0 Å². The van der Waals surface area contributed by atoms with E-state index >= 15 is 0 Å². The molecule has 0 aliphatic heterocycles. The van der Waals surface area contributed by atoms with E-state index in [4.69, 9.17) is 14.2 Å². The lowest BCUT2D eigenvalue weighted by atomic mass is 10.0. The molecule has 0 bridgehead atoms. The van der Waals surface area contributed by atoms with Crippen LogP contribution in [-0.4, -0.2) is 27.1 Å². The molecule has 4 nitrogen and oxygen atoms in total. The zero-order valence-corrected chi connectivity index (χ0v) is 15.0. The van der Waals surface area contributed by atoms with Crippen molar-refractivity contribution in [3.63, 3.8) is 0 Å². The zero-order valence-electron chi connectivity index (χ0n) is 15.0. The van der Waals surface area contributed by atoms with Gasteiger partial charge in [-0.25, -0.2) is 0 Å². The minimum absolute atomic E-state index is 0.0597. The monoisotopic (exact) mass is 348 g/mol. The Labute approximate surface area is 152 Å². The highest BCUT2D eigenvalue weighted by molar-refractivity contribution is 6.14. The Bertz CT molecular complexity index is 943. The number of allylic oxidation sites excluding steroid dienone is 1. The molecule has 0 heterocycles. The Morgan fingerprint density at radius 2 is 1.50 bits per heavy atom. The van der Waals surface area contributed by atoms with Crippen molar-refractivity contribution in [2.45, 2.75) is 0 Å². The van der Waals surface area contributed by atoms with E-state index in [1.165, 1.54) is 0 Å². The third-order valence-corrected chi connectivity index (χ3v) is 4.17. The summed E-state index contributed by atoms with van der Waals surface area (Å²) in [5.74, 6) is 1.55. The van der Waals surface area contributed by atoms with Gasteiger partial charge in [0.25, 0.3) is 0 Å². The number of hydrogen-bond acceptors (Lipinski definition) is 4. The van der Waals surface area contributed by atoms with Crippen LogP contribution in [0.25, 0.3) is 16.8 Å². The highest BCUT2D eigenvalue weighted by Gasteiger charge is 2.12. The van der Waals surface area contributed by atoms with E-state index in [-0.39, 0.29) is 5.78 Å². The van der Waals surface area contributed by atoms with Gasteiger partial charge < -0.3 is 14.2 Å². The number of carbonyl (C=O) groups is 1. The number of fused-ring (bicyclic) bond motifs is 1. The standard InChI is InChI=1S/C22H20O4/c1-24-20-13-15(14-21(25-2)22(20)26-3)11-12-19(23)18-10-6-8-16-7-4-5-9-17(16)18/h4-14H,1-3H3/b12-11-. The number of methoxy groups -OCH3 is 3. The predicted molar refractivity (Wildman–Crippen MR) is 103 cm³/mol. The molecule has 0 spiro atoms.